The van der Waals surface area contributed by atoms with Crippen LogP contribution in [0, 0.1) is 9.39 Å². The van der Waals surface area contributed by atoms with Gasteiger partial charge in [-0.15, -0.1) is 4.68 Å². The molecule has 0 saturated carbocycles. The number of halogens is 2. The summed E-state index contributed by atoms with van der Waals surface area (Å²) in [6, 6.07) is 15.5. The molecule has 0 unspecified atom stereocenters. The lowest BCUT2D eigenvalue weighted by molar-refractivity contribution is -0.118. The van der Waals surface area contributed by atoms with Crippen LogP contribution in [-0.4, -0.2) is 35.0 Å². The van der Waals surface area contributed by atoms with Crippen LogP contribution in [0.4, 0.5) is 10.1 Å². The Morgan fingerprint density at radius 3 is 2.72 bits per heavy atom. The largest absolute Gasteiger partial charge is 0.490 e. The minimum atomic E-state index is -0.668. The second-order valence-electron chi connectivity index (χ2n) is 7.45. The van der Waals surface area contributed by atoms with Gasteiger partial charge < -0.3 is 19.8 Å². The van der Waals surface area contributed by atoms with Crippen LogP contribution < -0.4 is 26.0 Å². The first-order valence-corrected chi connectivity index (χ1v) is 11.9. The molecule has 0 saturated heterocycles. The number of aromatic nitrogens is 2. The first kappa shape index (κ1) is 25.1. The highest BCUT2D eigenvalue weighted by Gasteiger charge is 2.14. The Morgan fingerprint density at radius 2 is 1.94 bits per heavy atom. The molecule has 0 aliphatic heterocycles. The molecular weight excluding hydrogens is 582 g/mol. The van der Waals surface area contributed by atoms with Gasteiger partial charge in [0.05, 0.1) is 27.3 Å². The van der Waals surface area contributed by atoms with Gasteiger partial charge in [-0.25, -0.2) is 9.18 Å². The SMILES string of the molecule is CCOc1cc(C=Nn2c(=O)[nH]c3ccccc3c2=O)cc(I)c1OCC(=O)Nc1cccc(F)c1. The molecule has 0 aliphatic rings. The van der Waals surface area contributed by atoms with E-state index >= 15 is 0 Å². The van der Waals surface area contributed by atoms with Gasteiger partial charge in [0.1, 0.15) is 5.82 Å². The van der Waals surface area contributed by atoms with Crippen molar-refractivity contribution in [3.05, 3.63) is 96.5 Å². The number of fused-ring (bicyclic) bond motifs is 1. The van der Waals surface area contributed by atoms with Crippen LogP contribution in [-0.2, 0) is 4.79 Å². The Morgan fingerprint density at radius 1 is 1.14 bits per heavy atom. The molecule has 184 valence electrons. The lowest BCUT2D eigenvalue weighted by atomic mass is 10.2. The third-order valence-electron chi connectivity index (χ3n) is 4.89. The van der Waals surface area contributed by atoms with Crippen molar-refractivity contribution in [2.45, 2.75) is 6.92 Å². The van der Waals surface area contributed by atoms with Gasteiger partial charge in [0.25, 0.3) is 11.5 Å². The van der Waals surface area contributed by atoms with E-state index < -0.39 is 23.0 Å². The van der Waals surface area contributed by atoms with Crippen LogP contribution >= 0.6 is 22.6 Å². The molecule has 3 aromatic carbocycles. The van der Waals surface area contributed by atoms with Gasteiger partial charge in [0.15, 0.2) is 18.1 Å². The number of para-hydroxylation sites is 1. The number of H-pyrrole nitrogens is 1. The molecule has 1 aromatic heterocycles. The summed E-state index contributed by atoms with van der Waals surface area (Å²) < 4.78 is 26.1. The molecule has 0 fully saturated rings. The van der Waals surface area contributed by atoms with Crippen LogP contribution in [0.3, 0.4) is 0 Å². The molecule has 2 N–H and O–H groups in total. The number of nitrogens with one attached hydrogen (secondary N) is 2. The van der Waals surface area contributed by atoms with E-state index in [1.165, 1.54) is 24.4 Å². The zero-order chi connectivity index (χ0) is 25.7. The van der Waals surface area contributed by atoms with Gasteiger partial charge in [-0.3, -0.25) is 9.59 Å². The molecule has 1 amide bonds. The molecule has 1 heterocycles. The summed E-state index contributed by atoms with van der Waals surface area (Å²) in [5.41, 5.74) is 0.0660. The number of hydrogen-bond donors (Lipinski definition) is 2. The van der Waals surface area contributed by atoms with Gasteiger partial charge >= 0.3 is 5.69 Å². The number of nitrogens with zero attached hydrogens (tertiary/aromatic N) is 2. The highest BCUT2D eigenvalue weighted by atomic mass is 127. The lowest BCUT2D eigenvalue weighted by Gasteiger charge is -2.14. The zero-order valence-corrected chi connectivity index (χ0v) is 21.1. The Bertz CT molecular complexity index is 1580. The van der Waals surface area contributed by atoms with Gasteiger partial charge in [-0.1, -0.05) is 18.2 Å². The highest BCUT2D eigenvalue weighted by molar-refractivity contribution is 14.1. The summed E-state index contributed by atoms with van der Waals surface area (Å²) in [6.45, 7) is 1.79. The van der Waals surface area contributed by atoms with E-state index in [-0.39, 0.29) is 6.61 Å². The van der Waals surface area contributed by atoms with Crippen molar-refractivity contribution < 1.29 is 18.7 Å². The third-order valence-corrected chi connectivity index (χ3v) is 5.70. The number of aromatic amines is 1. The smallest absolute Gasteiger partial charge is 0.349 e. The van der Waals surface area contributed by atoms with Crippen molar-refractivity contribution >= 4 is 51.3 Å². The van der Waals surface area contributed by atoms with Crippen molar-refractivity contribution in [3.8, 4) is 11.5 Å². The Hall–Kier alpha value is -4.00. The number of rotatable bonds is 8. The molecule has 9 nitrogen and oxygen atoms in total. The average Bonchev–Trinajstić information content (AvgIpc) is 2.83. The fourth-order valence-corrected chi connectivity index (χ4v) is 4.13. The van der Waals surface area contributed by atoms with E-state index in [0.717, 1.165) is 4.68 Å². The van der Waals surface area contributed by atoms with Crippen LogP contribution in [0.5, 0.6) is 11.5 Å². The monoisotopic (exact) mass is 602 g/mol. The van der Waals surface area contributed by atoms with Crippen molar-refractivity contribution in [2.75, 3.05) is 18.5 Å². The molecule has 0 atom stereocenters. The molecule has 4 rings (SSSR count). The molecule has 11 heteroatoms. The van der Waals surface area contributed by atoms with E-state index in [1.54, 1.807) is 49.4 Å². The van der Waals surface area contributed by atoms with E-state index in [9.17, 15) is 18.8 Å². The number of amides is 1. The first-order valence-electron chi connectivity index (χ1n) is 10.8. The maximum Gasteiger partial charge on any atom is 0.349 e. The summed E-state index contributed by atoms with van der Waals surface area (Å²) in [5, 5.41) is 6.96. The van der Waals surface area contributed by atoms with Gasteiger partial charge in [0.2, 0.25) is 0 Å². The summed E-state index contributed by atoms with van der Waals surface area (Å²) >= 11 is 2.02. The van der Waals surface area contributed by atoms with Gasteiger partial charge in [-0.05, 0) is 77.5 Å². The fraction of sp³-hybridized carbons (Fsp3) is 0.120. The normalized spacial score (nSPS) is 11.1. The van der Waals surface area contributed by atoms with E-state index in [1.807, 2.05) is 22.6 Å². The molecule has 4 aromatic rings. The number of carbonyl (C=O) groups is 1. The second-order valence-corrected chi connectivity index (χ2v) is 8.61. The van der Waals surface area contributed by atoms with Crippen molar-refractivity contribution in [3.63, 3.8) is 0 Å². The van der Waals surface area contributed by atoms with Crippen LogP contribution in [0.15, 0.2) is 75.4 Å². The average molecular weight is 602 g/mol. The van der Waals surface area contributed by atoms with E-state index in [0.29, 0.717) is 43.8 Å². The number of ether oxygens (including phenoxy) is 2. The highest BCUT2D eigenvalue weighted by Crippen LogP contribution is 2.34. The maximum atomic E-state index is 13.3. The minimum absolute atomic E-state index is 0.314. The molecule has 0 radical (unpaired) electrons. The number of carbonyl (C=O) groups excluding carboxylic acids is 1. The number of hydrogen-bond acceptors (Lipinski definition) is 6. The summed E-state index contributed by atoms with van der Waals surface area (Å²) in [6.07, 6.45) is 1.36. The third kappa shape index (κ3) is 5.79. The predicted octanol–water partition coefficient (Wildman–Crippen LogP) is 3.73. The molecule has 36 heavy (non-hydrogen) atoms. The van der Waals surface area contributed by atoms with Crippen LogP contribution in [0.1, 0.15) is 12.5 Å². The summed E-state index contributed by atoms with van der Waals surface area (Å²) in [4.78, 5) is 39.9. The zero-order valence-electron chi connectivity index (χ0n) is 19.0. The van der Waals surface area contributed by atoms with E-state index in [2.05, 4.69) is 15.4 Å². The lowest BCUT2D eigenvalue weighted by Crippen LogP contribution is -2.32. The Kier molecular flexibility index (Phi) is 7.78. The Balaban J connectivity index is 1.56. The van der Waals surface area contributed by atoms with E-state index in [4.69, 9.17) is 9.47 Å². The van der Waals surface area contributed by atoms with Crippen molar-refractivity contribution in [2.24, 2.45) is 5.10 Å². The standard InChI is InChI=1S/C25H20FIN4O5/c1-2-35-21-11-15(13-28-31-24(33)18-8-3-4-9-20(18)30-25(31)34)10-19(27)23(21)36-14-22(32)29-17-7-5-6-16(26)12-17/h3-13H,2,14H2,1H3,(H,29,32)(H,30,34). The molecule has 0 spiro atoms. The molecule has 0 aliphatic carbocycles. The van der Waals surface area contributed by atoms with Gasteiger partial charge in [-0.2, -0.15) is 5.10 Å². The molecular formula is C25H20FIN4O5. The van der Waals surface area contributed by atoms with Crippen molar-refractivity contribution in [1.29, 1.82) is 0 Å². The molecule has 0 bridgehead atoms. The maximum absolute atomic E-state index is 13.3. The number of benzene rings is 3. The fourth-order valence-electron chi connectivity index (χ4n) is 3.35. The summed E-state index contributed by atoms with van der Waals surface area (Å²) in [7, 11) is 0. The first-order chi connectivity index (χ1) is 17.4. The predicted molar refractivity (Wildman–Crippen MR) is 143 cm³/mol. The van der Waals surface area contributed by atoms with Crippen molar-refractivity contribution in [1.82, 2.24) is 9.66 Å². The number of anilines is 1. The Labute approximate surface area is 217 Å². The minimum Gasteiger partial charge on any atom is -0.490 e. The van der Waals surface area contributed by atoms with Crippen LogP contribution in [0.2, 0.25) is 0 Å². The summed E-state index contributed by atoms with van der Waals surface area (Å²) in [5.74, 6) is -0.250. The topological polar surface area (TPSA) is 115 Å². The van der Waals surface area contributed by atoms with Gasteiger partial charge in [0, 0.05) is 5.69 Å². The quantitative estimate of drug-likeness (QED) is 0.236. The second kappa shape index (κ2) is 11.2. The van der Waals surface area contributed by atoms with Crippen LogP contribution in [0.25, 0.3) is 10.9 Å².